The van der Waals surface area contributed by atoms with Crippen LogP contribution in [0.2, 0.25) is 0 Å². The predicted octanol–water partition coefficient (Wildman–Crippen LogP) is 2.14. The largest absolute Gasteiger partial charge is 0.366 e. The van der Waals surface area contributed by atoms with Gasteiger partial charge >= 0.3 is 0 Å². The van der Waals surface area contributed by atoms with Crippen LogP contribution in [-0.4, -0.2) is 61.1 Å². The minimum absolute atomic E-state index is 0.164. The molecule has 0 aromatic carbocycles. The van der Waals surface area contributed by atoms with Gasteiger partial charge in [0.15, 0.2) is 0 Å². The van der Waals surface area contributed by atoms with Crippen LogP contribution in [0, 0.1) is 5.41 Å². The van der Waals surface area contributed by atoms with Crippen molar-refractivity contribution < 1.29 is 9.53 Å². The van der Waals surface area contributed by atoms with Crippen molar-refractivity contribution >= 4 is 5.91 Å². The summed E-state index contributed by atoms with van der Waals surface area (Å²) in [6.45, 7) is 10.5. The molecule has 0 aliphatic carbocycles. The number of carbonyl (C=O) groups excluding carboxylic acids is 1. The Kier molecular flexibility index (Phi) is 4.75. The number of likely N-dealkylation sites (tertiary alicyclic amines) is 2. The molecule has 0 bridgehead atoms. The Morgan fingerprint density at radius 2 is 1.85 bits per heavy atom. The van der Waals surface area contributed by atoms with E-state index in [0.717, 1.165) is 32.6 Å². The smallest absolute Gasteiger partial charge is 0.254 e. The molecule has 0 atom stereocenters. The summed E-state index contributed by atoms with van der Waals surface area (Å²) in [7, 11) is 2.19. The van der Waals surface area contributed by atoms with Crippen molar-refractivity contribution in [2.24, 2.45) is 5.41 Å². The average molecular weight is 282 g/mol. The van der Waals surface area contributed by atoms with E-state index in [4.69, 9.17) is 4.74 Å². The van der Waals surface area contributed by atoms with Gasteiger partial charge in [0.2, 0.25) is 0 Å². The fourth-order valence-electron chi connectivity index (χ4n) is 3.69. The Hall–Kier alpha value is -0.610. The third-order valence-electron chi connectivity index (χ3n) is 5.02. The first-order valence-electron chi connectivity index (χ1n) is 8.00. The second-order valence-corrected chi connectivity index (χ2v) is 7.08. The third-order valence-corrected chi connectivity index (χ3v) is 5.02. The number of rotatable bonds is 3. The maximum absolute atomic E-state index is 12.7. The van der Waals surface area contributed by atoms with Crippen LogP contribution >= 0.6 is 0 Å². The molecule has 0 N–H and O–H groups in total. The van der Waals surface area contributed by atoms with Crippen LogP contribution in [0.4, 0.5) is 0 Å². The van der Waals surface area contributed by atoms with E-state index in [9.17, 15) is 4.79 Å². The molecule has 0 aromatic rings. The topological polar surface area (TPSA) is 32.8 Å². The third kappa shape index (κ3) is 3.34. The van der Waals surface area contributed by atoms with Crippen molar-refractivity contribution in [3.63, 3.8) is 0 Å². The van der Waals surface area contributed by atoms with Crippen LogP contribution in [0.1, 0.15) is 46.5 Å². The molecular weight excluding hydrogens is 252 g/mol. The zero-order chi connectivity index (χ0) is 14.8. The summed E-state index contributed by atoms with van der Waals surface area (Å²) in [5.74, 6) is 0.164. The summed E-state index contributed by atoms with van der Waals surface area (Å²) in [5, 5.41) is 0. The molecule has 2 saturated heterocycles. The highest BCUT2D eigenvalue weighted by Crippen LogP contribution is 2.40. The lowest BCUT2D eigenvalue weighted by atomic mass is 9.72. The van der Waals surface area contributed by atoms with Crippen LogP contribution in [-0.2, 0) is 9.53 Å². The lowest BCUT2D eigenvalue weighted by Crippen LogP contribution is -2.55. The van der Waals surface area contributed by atoms with E-state index >= 15 is 0 Å². The molecule has 2 aliphatic rings. The lowest BCUT2D eigenvalue weighted by Gasteiger charge is -2.48. The molecule has 4 nitrogen and oxygen atoms in total. The summed E-state index contributed by atoms with van der Waals surface area (Å²) in [6, 6.07) is 0. The van der Waals surface area contributed by atoms with Crippen molar-refractivity contribution in [1.29, 1.82) is 0 Å². The summed E-state index contributed by atoms with van der Waals surface area (Å²) < 4.78 is 5.64. The number of ether oxygens (including phenoxy) is 1. The number of carbonyl (C=O) groups is 1. The van der Waals surface area contributed by atoms with Gasteiger partial charge in [0.05, 0.1) is 0 Å². The predicted molar refractivity (Wildman–Crippen MR) is 80.7 cm³/mol. The fourth-order valence-corrected chi connectivity index (χ4v) is 3.69. The molecule has 20 heavy (non-hydrogen) atoms. The van der Waals surface area contributed by atoms with Crippen LogP contribution in [0.3, 0.4) is 0 Å². The number of nitrogens with zero attached hydrogens (tertiary/aromatic N) is 2. The van der Waals surface area contributed by atoms with Gasteiger partial charge in [-0.2, -0.15) is 0 Å². The van der Waals surface area contributed by atoms with Crippen molar-refractivity contribution in [1.82, 2.24) is 9.80 Å². The van der Waals surface area contributed by atoms with Gasteiger partial charge in [0.1, 0.15) is 5.60 Å². The number of amides is 1. The minimum atomic E-state index is -0.682. The molecular formula is C16H30N2O2. The van der Waals surface area contributed by atoms with Crippen molar-refractivity contribution in [2.45, 2.75) is 52.1 Å². The van der Waals surface area contributed by atoms with Crippen LogP contribution < -0.4 is 0 Å². The molecule has 1 amide bonds. The quantitative estimate of drug-likeness (QED) is 0.795. The Balaban J connectivity index is 2.01. The molecule has 2 aliphatic heterocycles. The Morgan fingerprint density at radius 1 is 1.20 bits per heavy atom. The molecule has 0 unspecified atom stereocenters. The SMILES string of the molecule is CCOC(C)(C)C(=O)N1CCCC2(CCN(C)CC2)C1. The van der Waals surface area contributed by atoms with E-state index in [1.807, 2.05) is 20.8 Å². The van der Waals surface area contributed by atoms with E-state index in [1.165, 1.54) is 19.3 Å². The summed E-state index contributed by atoms with van der Waals surface area (Å²) in [5.41, 5.74) is -0.318. The molecule has 2 fully saturated rings. The van der Waals surface area contributed by atoms with E-state index < -0.39 is 5.60 Å². The van der Waals surface area contributed by atoms with Gasteiger partial charge in [-0.15, -0.1) is 0 Å². The van der Waals surface area contributed by atoms with Gasteiger partial charge < -0.3 is 14.5 Å². The average Bonchev–Trinajstić information content (AvgIpc) is 2.42. The zero-order valence-electron chi connectivity index (χ0n) is 13.6. The molecule has 0 saturated carbocycles. The summed E-state index contributed by atoms with van der Waals surface area (Å²) >= 11 is 0. The highest BCUT2D eigenvalue weighted by Gasteiger charge is 2.42. The van der Waals surface area contributed by atoms with Crippen LogP contribution in [0.5, 0.6) is 0 Å². The van der Waals surface area contributed by atoms with Gasteiger partial charge in [-0.25, -0.2) is 0 Å². The van der Waals surface area contributed by atoms with E-state index in [2.05, 4.69) is 16.8 Å². The molecule has 4 heteroatoms. The van der Waals surface area contributed by atoms with Gasteiger partial charge in [-0.05, 0) is 72.0 Å². The standard InChI is InChI=1S/C16H30N2O2/c1-5-20-15(2,3)14(19)18-10-6-7-16(13-18)8-11-17(4)12-9-16/h5-13H2,1-4H3. The maximum Gasteiger partial charge on any atom is 0.254 e. The minimum Gasteiger partial charge on any atom is -0.366 e. The van der Waals surface area contributed by atoms with Crippen LogP contribution in [0.25, 0.3) is 0 Å². The number of piperidine rings is 2. The van der Waals surface area contributed by atoms with Crippen molar-refractivity contribution in [2.75, 3.05) is 39.8 Å². The highest BCUT2D eigenvalue weighted by atomic mass is 16.5. The zero-order valence-corrected chi connectivity index (χ0v) is 13.6. The monoisotopic (exact) mass is 282 g/mol. The Labute approximate surface area is 123 Å². The molecule has 0 aromatic heterocycles. The maximum atomic E-state index is 12.7. The Morgan fingerprint density at radius 3 is 2.45 bits per heavy atom. The van der Waals surface area contributed by atoms with E-state index in [0.29, 0.717) is 12.0 Å². The second kappa shape index (κ2) is 6.02. The van der Waals surface area contributed by atoms with Gasteiger partial charge in [-0.3, -0.25) is 4.79 Å². The van der Waals surface area contributed by atoms with E-state index in [1.54, 1.807) is 0 Å². The van der Waals surface area contributed by atoms with E-state index in [-0.39, 0.29) is 5.91 Å². The van der Waals surface area contributed by atoms with Crippen molar-refractivity contribution in [3.8, 4) is 0 Å². The lowest BCUT2D eigenvalue weighted by molar-refractivity contribution is -0.158. The first-order valence-corrected chi connectivity index (χ1v) is 8.00. The molecule has 116 valence electrons. The Bertz CT molecular complexity index is 346. The molecule has 2 heterocycles. The fraction of sp³-hybridized carbons (Fsp3) is 0.938. The van der Waals surface area contributed by atoms with Gasteiger partial charge in [0, 0.05) is 19.7 Å². The number of hydrogen-bond donors (Lipinski definition) is 0. The second-order valence-electron chi connectivity index (χ2n) is 7.08. The number of hydrogen-bond acceptors (Lipinski definition) is 3. The first-order chi connectivity index (χ1) is 9.38. The molecule has 2 rings (SSSR count). The summed E-state index contributed by atoms with van der Waals surface area (Å²) in [6.07, 6.45) is 4.86. The van der Waals surface area contributed by atoms with Crippen LogP contribution in [0.15, 0.2) is 0 Å². The van der Waals surface area contributed by atoms with Crippen molar-refractivity contribution in [3.05, 3.63) is 0 Å². The first kappa shape index (κ1) is 15.8. The highest BCUT2D eigenvalue weighted by molar-refractivity contribution is 5.84. The van der Waals surface area contributed by atoms with Gasteiger partial charge in [-0.1, -0.05) is 0 Å². The molecule has 1 spiro atoms. The summed E-state index contributed by atoms with van der Waals surface area (Å²) in [4.78, 5) is 17.1. The van der Waals surface area contributed by atoms with Gasteiger partial charge in [0.25, 0.3) is 5.91 Å². The molecule has 0 radical (unpaired) electrons. The normalized spacial score (nSPS) is 24.1.